The number of amides is 2. The Balaban J connectivity index is 2.08. The molecular weight excluding hydrogens is 407 g/mol. The zero-order valence-corrected chi connectivity index (χ0v) is 18.9. The molecule has 1 aromatic heterocycles. The molecule has 2 rings (SSSR count). The molecular formula is C21H27FN4O3S. The molecule has 7 nitrogen and oxygen atoms in total. The van der Waals surface area contributed by atoms with Crippen LogP contribution in [-0.2, 0) is 16.0 Å². The largest absolute Gasteiger partial charge is 0.444 e. The summed E-state index contributed by atoms with van der Waals surface area (Å²) in [6.07, 6.45) is 1.82. The molecule has 0 radical (unpaired) electrons. The SMILES string of the molecule is CSc1nc(C)c(CCC(=O)Nc2cc(F)ccc2NC(=O)OC(C)(C)C)c(C)n1. The number of hydrogen-bond donors (Lipinski definition) is 2. The summed E-state index contributed by atoms with van der Waals surface area (Å²) in [6, 6.07) is 3.72. The summed E-state index contributed by atoms with van der Waals surface area (Å²) < 4.78 is 18.9. The van der Waals surface area contributed by atoms with Gasteiger partial charge >= 0.3 is 6.09 Å². The Morgan fingerprint density at radius 2 is 1.73 bits per heavy atom. The standard InChI is InChI=1S/C21H27FN4O3S/c1-12-15(13(2)24-19(23-12)30-6)8-10-18(27)25-17-11-14(22)7-9-16(17)26-20(28)29-21(3,4)5/h7,9,11H,8,10H2,1-6H3,(H,25,27)(H,26,28). The van der Waals surface area contributed by atoms with Gasteiger partial charge in [-0.25, -0.2) is 19.2 Å². The Bertz CT molecular complexity index is 921. The molecule has 1 aromatic carbocycles. The number of hydrogen-bond acceptors (Lipinski definition) is 6. The first kappa shape index (κ1) is 23.6. The van der Waals surface area contributed by atoms with Gasteiger partial charge in [0.2, 0.25) is 5.91 Å². The van der Waals surface area contributed by atoms with E-state index in [-0.39, 0.29) is 23.7 Å². The smallest absolute Gasteiger partial charge is 0.412 e. The van der Waals surface area contributed by atoms with E-state index in [1.54, 1.807) is 20.8 Å². The number of carbonyl (C=O) groups is 2. The minimum Gasteiger partial charge on any atom is -0.444 e. The molecule has 0 saturated heterocycles. The van der Waals surface area contributed by atoms with E-state index >= 15 is 0 Å². The molecule has 0 atom stereocenters. The molecule has 2 amide bonds. The van der Waals surface area contributed by atoms with Crippen LogP contribution in [-0.4, -0.2) is 33.8 Å². The second kappa shape index (κ2) is 9.88. The zero-order valence-electron chi connectivity index (χ0n) is 18.1. The number of nitrogens with zero attached hydrogens (tertiary/aromatic N) is 2. The number of halogens is 1. The molecule has 30 heavy (non-hydrogen) atoms. The first-order chi connectivity index (χ1) is 14.0. The molecule has 1 heterocycles. The number of anilines is 2. The predicted molar refractivity (Wildman–Crippen MR) is 116 cm³/mol. The minimum absolute atomic E-state index is 0.159. The normalized spacial score (nSPS) is 11.2. The van der Waals surface area contributed by atoms with Crippen LogP contribution in [0.4, 0.5) is 20.6 Å². The summed E-state index contributed by atoms with van der Waals surface area (Å²) in [5.74, 6) is -0.853. The first-order valence-corrected chi connectivity index (χ1v) is 10.7. The number of thioether (sulfide) groups is 1. The van der Waals surface area contributed by atoms with Crippen LogP contribution >= 0.6 is 11.8 Å². The molecule has 0 saturated carbocycles. The minimum atomic E-state index is -0.693. The van der Waals surface area contributed by atoms with Gasteiger partial charge < -0.3 is 10.1 Å². The van der Waals surface area contributed by atoms with Crippen molar-refractivity contribution in [3.05, 3.63) is 41.0 Å². The van der Waals surface area contributed by atoms with E-state index in [1.807, 2.05) is 20.1 Å². The maximum Gasteiger partial charge on any atom is 0.412 e. The quantitative estimate of drug-likeness (QED) is 0.498. The van der Waals surface area contributed by atoms with Crippen molar-refractivity contribution in [2.45, 2.75) is 58.2 Å². The van der Waals surface area contributed by atoms with Crippen LogP contribution in [0.25, 0.3) is 0 Å². The zero-order chi connectivity index (χ0) is 22.5. The van der Waals surface area contributed by atoms with Gasteiger partial charge in [0, 0.05) is 17.8 Å². The number of rotatable bonds is 6. The van der Waals surface area contributed by atoms with Crippen molar-refractivity contribution in [2.24, 2.45) is 0 Å². The second-order valence-electron chi connectivity index (χ2n) is 7.72. The van der Waals surface area contributed by atoms with Crippen LogP contribution in [0.15, 0.2) is 23.4 Å². The molecule has 0 unspecified atom stereocenters. The topological polar surface area (TPSA) is 93.2 Å². The monoisotopic (exact) mass is 434 g/mol. The van der Waals surface area contributed by atoms with E-state index in [9.17, 15) is 14.0 Å². The van der Waals surface area contributed by atoms with Gasteiger partial charge in [-0.3, -0.25) is 10.1 Å². The molecule has 2 aromatic rings. The third-order valence-corrected chi connectivity index (χ3v) is 4.62. The van der Waals surface area contributed by atoms with Crippen molar-refractivity contribution in [1.29, 1.82) is 0 Å². The third-order valence-electron chi connectivity index (χ3n) is 4.08. The van der Waals surface area contributed by atoms with Gasteiger partial charge in [-0.15, -0.1) is 0 Å². The highest BCUT2D eigenvalue weighted by Gasteiger charge is 2.18. The van der Waals surface area contributed by atoms with Gasteiger partial charge in [-0.1, -0.05) is 11.8 Å². The number of nitrogens with one attached hydrogen (secondary N) is 2. The fraction of sp³-hybridized carbons (Fsp3) is 0.429. The van der Waals surface area contributed by atoms with E-state index in [2.05, 4.69) is 20.6 Å². The third kappa shape index (κ3) is 6.98. The van der Waals surface area contributed by atoms with Crippen LogP contribution in [0.5, 0.6) is 0 Å². The Labute approximate surface area is 180 Å². The van der Waals surface area contributed by atoms with Crippen molar-refractivity contribution in [1.82, 2.24) is 9.97 Å². The Hall–Kier alpha value is -2.68. The number of carbonyl (C=O) groups excluding carboxylic acids is 2. The molecule has 0 aliphatic carbocycles. The lowest BCUT2D eigenvalue weighted by molar-refractivity contribution is -0.116. The Morgan fingerprint density at radius 3 is 2.30 bits per heavy atom. The number of aryl methyl sites for hydroxylation is 2. The maximum absolute atomic E-state index is 13.7. The van der Waals surface area contributed by atoms with Crippen LogP contribution < -0.4 is 10.6 Å². The van der Waals surface area contributed by atoms with E-state index in [0.29, 0.717) is 11.6 Å². The van der Waals surface area contributed by atoms with Crippen molar-refractivity contribution in [3.63, 3.8) is 0 Å². The summed E-state index contributed by atoms with van der Waals surface area (Å²) in [5.41, 5.74) is 2.30. The summed E-state index contributed by atoms with van der Waals surface area (Å²) in [5, 5.41) is 5.89. The van der Waals surface area contributed by atoms with E-state index in [4.69, 9.17) is 4.74 Å². The Morgan fingerprint density at radius 1 is 1.10 bits per heavy atom. The van der Waals surface area contributed by atoms with Crippen LogP contribution in [0, 0.1) is 19.7 Å². The lowest BCUT2D eigenvalue weighted by atomic mass is 10.1. The summed E-state index contributed by atoms with van der Waals surface area (Å²) in [4.78, 5) is 33.3. The van der Waals surface area contributed by atoms with Crippen LogP contribution in [0.2, 0.25) is 0 Å². The fourth-order valence-electron chi connectivity index (χ4n) is 2.76. The molecule has 9 heteroatoms. The molecule has 0 fully saturated rings. The van der Waals surface area contributed by atoms with Crippen molar-refractivity contribution in [2.75, 3.05) is 16.9 Å². The van der Waals surface area contributed by atoms with E-state index < -0.39 is 17.5 Å². The molecule has 162 valence electrons. The number of aromatic nitrogens is 2. The van der Waals surface area contributed by atoms with Gasteiger partial charge in [0.25, 0.3) is 0 Å². The van der Waals surface area contributed by atoms with Gasteiger partial charge in [0.1, 0.15) is 11.4 Å². The number of ether oxygens (including phenoxy) is 1. The highest BCUT2D eigenvalue weighted by molar-refractivity contribution is 7.98. The lowest BCUT2D eigenvalue weighted by Crippen LogP contribution is -2.27. The van der Waals surface area contributed by atoms with Gasteiger partial charge in [-0.2, -0.15) is 0 Å². The van der Waals surface area contributed by atoms with E-state index in [1.165, 1.54) is 23.9 Å². The van der Waals surface area contributed by atoms with Gasteiger partial charge in [0.15, 0.2) is 5.16 Å². The van der Waals surface area contributed by atoms with Gasteiger partial charge in [0.05, 0.1) is 11.4 Å². The summed E-state index contributed by atoms with van der Waals surface area (Å²) in [6.45, 7) is 8.98. The average molecular weight is 435 g/mol. The predicted octanol–water partition coefficient (Wildman–Crippen LogP) is 4.87. The summed E-state index contributed by atoms with van der Waals surface area (Å²) in [7, 11) is 0. The highest BCUT2D eigenvalue weighted by Crippen LogP contribution is 2.24. The highest BCUT2D eigenvalue weighted by atomic mass is 32.2. The molecule has 0 aliphatic heterocycles. The molecule has 0 spiro atoms. The van der Waals surface area contributed by atoms with Crippen molar-refractivity contribution in [3.8, 4) is 0 Å². The molecule has 0 bridgehead atoms. The Kier molecular flexibility index (Phi) is 7.77. The summed E-state index contributed by atoms with van der Waals surface area (Å²) >= 11 is 1.46. The number of benzene rings is 1. The van der Waals surface area contributed by atoms with Gasteiger partial charge in [-0.05, 0) is 71.1 Å². The van der Waals surface area contributed by atoms with Crippen LogP contribution in [0.3, 0.4) is 0 Å². The van der Waals surface area contributed by atoms with E-state index in [0.717, 1.165) is 23.0 Å². The average Bonchev–Trinajstić information content (AvgIpc) is 2.61. The fourth-order valence-corrected chi connectivity index (χ4v) is 3.21. The van der Waals surface area contributed by atoms with Crippen LogP contribution in [0.1, 0.15) is 44.1 Å². The second-order valence-corrected chi connectivity index (χ2v) is 8.50. The molecule has 2 N–H and O–H groups in total. The van der Waals surface area contributed by atoms with Crippen molar-refractivity contribution >= 4 is 35.1 Å². The molecule has 0 aliphatic rings. The lowest BCUT2D eigenvalue weighted by Gasteiger charge is -2.20. The maximum atomic E-state index is 13.7. The van der Waals surface area contributed by atoms with Crippen molar-refractivity contribution < 1.29 is 18.7 Å². The first-order valence-electron chi connectivity index (χ1n) is 9.46.